The second-order valence-electron chi connectivity index (χ2n) is 6.95. The fourth-order valence-corrected chi connectivity index (χ4v) is 3.64. The Balaban J connectivity index is 1.55. The van der Waals surface area contributed by atoms with Crippen molar-refractivity contribution in [2.24, 2.45) is 7.05 Å². The number of imidazole rings is 1. The number of nitrogens with zero attached hydrogens (tertiary/aromatic N) is 3. The smallest absolute Gasteiger partial charge is 0.176 e. The minimum atomic E-state index is -0.995. The van der Waals surface area contributed by atoms with E-state index in [0.717, 1.165) is 41.3 Å². The first kappa shape index (κ1) is 16.3. The van der Waals surface area contributed by atoms with E-state index in [-0.39, 0.29) is 6.61 Å². The summed E-state index contributed by atoms with van der Waals surface area (Å²) in [5, 5.41) is 19.7. The van der Waals surface area contributed by atoms with Crippen molar-refractivity contribution in [2.45, 2.75) is 25.0 Å². The van der Waals surface area contributed by atoms with Gasteiger partial charge in [-0.3, -0.25) is 4.90 Å². The molecule has 1 saturated heterocycles. The van der Waals surface area contributed by atoms with Crippen LogP contribution in [-0.2, 0) is 13.6 Å². The number of hydrogen-bond acceptors (Lipinski definition) is 5. The quantitative estimate of drug-likeness (QED) is 0.761. The highest BCUT2D eigenvalue weighted by Crippen LogP contribution is 2.27. The van der Waals surface area contributed by atoms with Crippen LogP contribution in [0.15, 0.2) is 40.8 Å². The summed E-state index contributed by atoms with van der Waals surface area (Å²) < 4.78 is 8.05. The lowest BCUT2D eigenvalue weighted by molar-refractivity contribution is -0.0697. The first-order valence-electron chi connectivity index (χ1n) is 8.64. The molecule has 1 aromatic carbocycles. The number of rotatable bonds is 4. The zero-order chi connectivity index (χ0) is 17.4. The van der Waals surface area contributed by atoms with Gasteiger partial charge in [-0.2, -0.15) is 0 Å². The van der Waals surface area contributed by atoms with E-state index in [1.54, 1.807) is 0 Å². The molecule has 2 N–H and O–H groups in total. The minimum absolute atomic E-state index is 0.202. The van der Waals surface area contributed by atoms with Crippen molar-refractivity contribution in [2.75, 3.05) is 19.7 Å². The van der Waals surface area contributed by atoms with Crippen LogP contribution in [0.25, 0.3) is 22.6 Å². The van der Waals surface area contributed by atoms with Gasteiger partial charge in [0.2, 0.25) is 0 Å². The van der Waals surface area contributed by atoms with Crippen LogP contribution >= 0.6 is 0 Å². The van der Waals surface area contributed by atoms with Gasteiger partial charge in [0, 0.05) is 13.6 Å². The third-order valence-corrected chi connectivity index (χ3v) is 4.98. The summed E-state index contributed by atoms with van der Waals surface area (Å²) in [6.07, 6.45) is 1.51. The van der Waals surface area contributed by atoms with Gasteiger partial charge in [0.15, 0.2) is 11.6 Å². The van der Waals surface area contributed by atoms with Gasteiger partial charge in [0.25, 0.3) is 0 Å². The third kappa shape index (κ3) is 3.08. The van der Waals surface area contributed by atoms with Crippen molar-refractivity contribution in [1.29, 1.82) is 0 Å². The molecule has 25 heavy (non-hydrogen) atoms. The molecule has 0 saturated carbocycles. The first-order valence-corrected chi connectivity index (χ1v) is 8.64. The van der Waals surface area contributed by atoms with Crippen molar-refractivity contribution >= 4 is 11.0 Å². The fraction of sp³-hybridized carbons (Fsp3) is 0.421. The van der Waals surface area contributed by atoms with E-state index in [1.165, 1.54) is 0 Å². The second-order valence-corrected chi connectivity index (χ2v) is 6.95. The van der Waals surface area contributed by atoms with Crippen LogP contribution in [-0.4, -0.2) is 50.0 Å². The number of fused-ring (bicyclic) bond motifs is 1. The Hall–Kier alpha value is -2.15. The Morgan fingerprint density at radius 2 is 2.08 bits per heavy atom. The molecular weight excluding hydrogens is 318 g/mol. The number of hydrogen-bond donors (Lipinski definition) is 2. The van der Waals surface area contributed by atoms with Crippen LogP contribution in [0.4, 0.5) is 0 Å². The van der Waals surface area contributed by atoms with Gasteiger partial charge in [0.1, 0.15) is 11.4 Å². The third-order valence-electron chi connectivity index (χ3n) is 4.98. The van der Waals surface area contributed by atoms with E-state index >= 15 is 0 Å². The van der Waals surface area contributed by atoms with Crippen LogP contribution in [0.3, 0.4) is 0 Å². The minimum Gasteiger partial charge on any atom is -0.456 e. The van der Waals surface area contributed by atoms with Gasteiger partial charge in [-0.15, -0.1) is 0 Å². The van der Waals surface area contributed by atoms with E-state index in [9.17, 15) is 10.2 Å². The molecule has 132 valence electrons. The average Bonchev–Trinajstić information content (AvgIpc) is 3.20. The van der Waals surface area contributed by atoms with E-state index in [2.05, 4.69) is 9.88 Å². The molecule has 0 aliphatic carbocycles. The predicted molar refractivity (Wildman–Crippen MR) is 95.0 cm³/mol. The topological polar surface area (TPSA) is 74.7 Å². The molecule has 2 aromatic heterocycles. The van der Waals surface area contributed by atoms with Crippen LogP contribution in [0.5, 0.6) is 0 Å². The van der Waals surface area contributed by atoms with Gasteiger partial charge in [-0.25, -0.2) is 4.98 Å². The molecule has 1 fully saturated rings. The van der Waals surface area contributed by atoms with Crippen molar-refractivity contribution in [3.05, 3.63) is 42.2 Å². The Labute approximate surface area is 146 Å². The molecule has 0 amide bonds. The van der Waals surface area contributed by atoms with E-state index in [4.69, 9.17) is 4.42 Å². The molecule has 1 aliphatic rings. The van der Waals surface area contributed by atoms with Crippen molar-refractivity contribution in [3.8, 4) is 11.6 Å². The Morgan fingerprint density at radius 1 is 1.24 bits per heavy atom. The molecule has 3 aromatic rings. The number of aromatic nitrogens is 2. The van der Waals surface area contributed by atoms with Crippen molar-refractivity contribution in [1.82, 2.24) is 14.5 Å². The largest absolute Gasteiger partial charge is 0.456 e. The highest BCUT2D eigenvalue weighted by atomic mass is 16.3. The Bertz CT molecular complexity index is 885. The second kappa shape index (κ2) is 6.29. The molecule has 4 rings (SSSR count). The molecule has 1 atom stereocenters. The number of aliphatic hydroxyl groups is 2. The number of likely N-dealkylation sites (tertiary alicyclic amines) is 1. The number of aryl methyl sites for hydroxylation is 1. The number of para-hydroxylation sites is 2. The van der Waals surface area contributed by atoms with Crippen LogP contribution in [0.2, 0.25) is 0 Å². The summed E-state index contributed by atoms with van der Waals surface area (Å²) in [5.41, 5.74) is 1.02. The molecular formula is C19H23N3O3. The molecule has 6 heteroatoms. The highest BCUT2D eigenvalue weighted by molar-refractivity contribution is 5.79. The summed E-state index contributed by atoms with van der Waals surface area (Å²) in [6, 6.07) is 11.9. The SMILES string of the molecule is Cn1c(-c2ccc(CN3CCC[C@](O)(CO)C3)o2)nc2ccccc21. The van der Waals surface area contributed by atoms with Gasteiger partial charge >= 0.3 is 0 Å². The zero-order valence-corrected chi connectivity index (χ0v) is 14.4. The van der Waals surface area contributed by atoms with Gasteiger partial charge in [-0.1, -0.05) is 12.1 Å². The first-order chi connectivity index (χ1) is 12.1. The van der Waals surface area contributed by atoms with E-state index < -0.39 is 5.60 Å². The number of benzene rings is 1. The van der Waals surface area contributed by atoms with Gasteiger partial charge in [-0.05, 0) is 43.7 Å². The molecule has 3 heterocycles. The summed E-state index contributed by atoms with van der Waals surface area (Å²) in [7, 11) is 1.98. The maximum Gasteiger partial charge on any atom is 0.176 e. The summed E-state index contributed by atoms with van der Waals surface area (Å²) in [4.78, 5) is 6.78. The molecule has 6 nitrogen and oxygen atoms in total. The highest BCUT2D eigenvalue weighted by Gasteiger charge is 2.32. The maximum atomic E-state index is 10.3. The fourth-order valence-electron chi connectivity index (χ4n) is 3.64. The summed E-state index contributed by atoms with van der Waals surface area (Å²) in [5.74, 6) is 2.38. The molecule has 0 radical (unpaired) electrons. The summed E-state index contributed by atoms with van der Waals surface area (Å²) in [6.45, 7) is 1.77. The zero-order valence-electron chi connectivity index (χ0n) is 14.4. The molecule has 1 aliphatic heterocycles. The number of aliphatic hydroxyl groups excluding tert-OH is 1. The lowest BCUT2D eigenvalue weighted by atomic mass is 9.94. The normalized spacial score (nSPS) is 21.9. The summed E-state index contributed by atoms with van der Waals surface area (Å²) >= 11 is 0. The van der Waals surface area contributed by atoms with Crippen LogP contribution in [0.1, 0.15) is 18.6 Å². The van der Waals surface area contributed by atoms with Crippen molar-refractivity contribution in [3.63, 3.8) is 0 Å². The Morgan fingerprint density at radius 3 is 2.88 bits per heavy atom. The lowest BCUT2D eigenvalue weighted by Gasteiger charge is -2.37. The molecule has 0 bridgehead atoms. The Kier molecular flexibility index (Phi) is 4.11. The average molecular weight is 341 g/mol. The number of furan rings is 1. The standard InChI is InChI=1S/C19H23N3O3/c1-21-16-6-3-2-5-15(16)20-18(21)17-8-7-14(25-17)11-22-10-4-9-19(24,12-22)13-23/h2-3,5-8,23-24H,4,9-13H2,1H3/t19-/m1/s1. The maximum absolute atomic E-state index is 10.3. The van der Waals surface area contributed by atoms with Gasteiger partial charge in [0.05, 0.1) is 24.2 Å². The predicted octanol–water partition coefficient (Wildman–Crippen LogP) is 2.15. The van der Waals surface area contributed by atoms with E-state index in [1.807, 2.05) is 48.0 Å². The van der Waals surface area contributed by atoms with Crippen molar-refractivity contribution < 1.29 is 14.6 Å². The molecule has 0 spiro atoms. The van der Waals surface area contributed by atoms with Gasteiger partial charge < -0.3 is 19.2 Å². The van der Waals surface area contributed by atoms with E-state index in [0.29, 0.717) is 19.5 Å². The van der Waals surface area contributed by atoms with Crippen LogP contribution in [0, 0.1) is 0 Å². The number of piperidine rings is 1. The lowest BCUT2D eigenvalue weighted by Crippen LogP contribution is -2.49. The number of β-amino-alcohol motifs (C(OH)–C–C–N with tert-alkyl or cyclic N) is 1. The molecule has 0 unspecified atom stereocenters. The van der Waals surface area contributed by atoms with Crippen LogP contribution < -0.4 is 0 Å². The monoisotopic (exact) mass is 341 g/mol.